The van der Waals surface area contributed by atoms with Crippen LogP contribution in [0.15, 0.2) is 0 Å². The summed E-state index contributed by atoms with van der Waals surface area (Å²) in [5, 5.41) is 0. The Balaban J connectivity index is 4.10. The molecule has 0 rings (SSSR count). The Morgan fingerprint density at radius 1 is 1.38 bits per heavy atom. The highest BCUT2D eigenvalue weighted by Gasteiger charge is 2.28. The van der Waals surface area contributed by atoms with Gasteiger partial charge < -0.3 is 9.42 Å². The molecule has 0 radical (unpaired) electrons. The molecule has 0 saturated heterocycles. The molecule has 5 heteroatoms. The molecule has 0 N–H and O–H groups in total. The summed E-state index contributed by atoms with van der Waals surface area (Å²) in [5.41, 5.74) is 0.0355. The SMILES string of the molecule is CC(OP(C)(=O)SCCN(C)C)C(C)(C)C. The van der Waals surface area contributed by atoms with Crippen LogP contribution in [0.3, 0.4) is 0 Å². The van der Waals surface area contributed by atoms with Gasteiger partial charge in [-0.25, -0.2) is 0 Å². The third kappa shape index (κ3) is 7.72. The summed E-state index contributed by atoms with van der Waals surface area (Å²) in [6, 6.07) is 0. The molecule has 0 aromatic rings. The Morgan fingerprint density at radius 3 is 2.25 bits per heavy atom. The van der Waals surface area contributed by atoms with Gasteiger partial charge in [-0.3, -0.25) is 4.57 Å². The minimum Gasteiger partial charge on any atom is -0.318 e. The summed E-state index contributed by atoms with van der Waals surface area (Å²) in [7, 11) is 4.03. The van der Waals surface area contributed by atoms with E-state index in [-0.39, 0.29) is 11.5 Å². The quantitative estimate of drug-likeness (QED) is 0.688. The first-order valence-electron chi connectivity index (χ1n) is 5.60. The number of hydrogen-bond donors (Lipinski definition) is 0. The predicted octanol–water partition coefficient (Wildman–Crippen LogP) is 3.56. The normalized spacial score (nSPS) is 18.5. The van der Waals surface area contributed by atoms with Crippen LogP contribution in [0.4, 0.5) is 0 Å². The van der Waals surface area contributed by atoms with Crippen molar-refractivity contribution in [1.82, 2.24) is 4.90 Å². The van der Waals surface area contributed by atoms with E-state index < -0.39 is 6.57 Å². The largest absolute Gasteiger partial charge is 0.318 e. The van der Waals surface area contributed by atoms with Crippen molar-refractivity contribution in [3.63, 3.8) is 0 Å². The van der Waals surface area contributed by atoms with Gasteiger partial charge in [0.2, 0.25) is 0 Å². The zero-order chi connectivity index (χ0) is 13.0. The number of hydrogen-bond acceptors (Lipinski definition) is 4. The first-order chi connectivity index (χ1) is 7.04. The molecule has 0 spiro atoms. The second-order valence-corrected chi connectivity index (χ2v) is 10.7. The molecule has 0 heterocycles. The maximum Gasteiger partial charge on any atom is 0.255 e. The van der Waals surface area contributed by atoms with Gasteiger partial charge in [-0.15, -0.1) is 0 Å². The highest BCUT2D eigenvalue weighted by molar-refractivity contribution is 8.56. The lowest BCUT2D eigenvalue weighted by atomic mass is 9.91. The molecule has 2 unspecified atom stereocenters. The van der Waals surface area contributed by atoms with Crippen molar-refractivity contribution in [1.29, 1.82) is 0 Å². The van der Waals surface area contributed by atoms with Crippen LogP contribution in [-0.2, 0) is 9.09 Å². The van der Waals surface area contributed by atoms with Crippen molar-refractivity contribution in [2.75, 3.05) is 33.1 Å². The average molecular weight is 267 g/mol. The lowest BCUT2D eigenvalue weighted by molar-refractivity contribution is 0.112. The molecule has 0 aromatic carbocycles. The molecular weight excluding hydrogens is 241 g/mol. The topological polar surface area (TPSA) is 29.5 Å². The maximum absolute atomic E-state index is 12.2. The van der Waals surface area contributed by atoms with Gasteiger partial charge in [0.05, 0.1) is 6.10 Å². The van der Waals surface area contributed by atoms with Crippen molar-refractivity contribution >= 4 is 18.0 Å². The summed E-state index contributed by atoms with van der Waals surface area (Å²) >= 11 is 1.44. The molecule has 0 aliphatic carbocycles. The van der Waals surface area contributed by atoms with Gasteiger partial charge in [0.1, 0.15) is 0 Å². The van der Waals surface area contributed by atoms with E-state index in [0.29, 0.717) is 0 Å². The first-order valence-corrected chi connectivity index (χ1v) is 9.26. The third-order valence-corrected chi connectivity index (χ3v) is 6.18. The highest BCUT2D eigenvalue weighted by Crippen LogP contribution is 2.58. The van der Waals surface area contributed by atoms with Crippen LogP contribution >= 0.6 is 18.0 Å². The molecule has 2 atom stereocenters. The average Bonchev–Trinajstić information content (AvgIpc) is 1.99. The molecular formula is C11H26NO2PS. The van der Waals surface area contributed by atoms with E-state index in [9.17, 15) is 4.57 Å². The summed E-state index contributed by atoms with van der Waals surface area (Å²) in [4.78, 5) is 2.08. The van der Waals surface area contributed by atoms with Crippen LogP contribution in [0.1, 0.15) is 27.7 Å². The molecule has 0 saturated carbocycles. The van der Waals surface area contributed by atoms with Gasteiger partial charge in [-0.05, 0) is 26.4 Å². The van der Waals surface area contributed by atoms with Crippen LogP contribution in [0.5, 0.6) is 0 Å². The first kappa shape index (κ1) is 16.5. The minimum absolute atomic E-state index is 0.00943. The molecule has 16 heavy (non-hydrogen) atoms. The Morgan fingerprint density at radius 2 is 1.88 bits per heavy atom. The van der Waals surface area contributed by atoms with Gasteiger partial charge in [-0.2, -0.15) is 0 Å². The molecule has 0 aromatic heterocycles. The van der Waals surface area contributed by atoms with E-state index in [1.807, 2.05) is 21.0 Å². The fourth-order valence-corrected chi connectivity index (χ4v) is 4.40. The van der Waals surface area contributed by atoms with E-state index in [0.717, 1.165) is 12.3 Å². The van der Waals surface area contributed by atoms with E-state index in [1.165, 1.54) is 11.4 Å². The van der Waals surface area contributed by atoms with Crippen LogP contribution in [-0.4, -0.2) is 44.1 Å². The molecule has 98 valence electrons. The third-order valence-electron chi connectivity index (χ3n) is 2.43. The van der Waals surface area contributed by atoms with E-state index in [2.05, 4.69) is 25.7 Å². The van der Waals surface area contributed by atoms with E-state index in [1.54, 1.807) is 6.66 Å². The predicted molar refractivity (Wildman–Crippen MR) is 74.5 cm³/mol. The van der Waals surface area contributed by atoms with Gasteiger partial charge in [-0.1, -0.05) is 32.2 Å². The van der Waals surface area contributed by atoms with Crippen molar-refractivity contribution < 1.29 is 9.09 Å². The van der Waals surface area contributed by atoms with Gasteiger partial charge in [0.25, 0.3) is 6.57 Å². The Bertz CT molecular complexity index is 251. The van der Waals surface area contributed by atoms with Gasteiger partial charge >= 0.3 is 0 Å². The second kappa shape index (κ2) is 6.44. The molecule has 0 amide bonds. The highest BCUT2D eigenvalue weighted by atomic mass is 32.7. The fourth-order valence-electron chi connectivity index (χ4n) is 0.865. The van der Waals surface area contributed by atoms with Gasteiger partial charge in [0, 0.05) is 19.0 Å². The van der Waals surface area contributed by atoms with Crippen molar-refractivity contribution in [2.24, 2.45) is 5.41 Å². The molecule has 3 nitrogen and oxygen atoms in total. The Hall–Kier alpha value is 0.500. The van der Waals surface area contributed by atoms with Crippen LogP contribution in [0, 0.1) is 5.41 Å². The van der Waals surface area contributed by atoms with Crippen molar-refractivity contribution in [3.05, 3.63) is 0 Å². The van der Waals surface area contributed by atoms with Crippen molar-refractivity contribution in [2.45, 2.75) is 33.8 Å². The lowest BCUT2D eigenvalue weighted by Crippen LogP contribution is -2.24. The number of nitrogens with zero attached hydrogens (tertiary/aromatic N) is 1. The smallest absolute Gasteiger partial charge is 0.255 e. The zero-order valence-corrected chi connectivity index (χ0v) is 13.3. The Kier molecular flexibility index (Phi) is 6.64. The summed E-state index contributed by atoms with van der Waals surface area (Å²) < 4.78 is 17.9. The standard InChI is InChI=1S/C11H26NO2PS/c1-10(11(2,3)4)14-15(7,13)16-9-8-12(5)6/h10H,8-9H2,1-7H3. The zero-order valence-electron chi connectivity index (χ0n) is 11.6. The Labute approximate surface area is 105 Å². The number of rotatable bonds is 6. The second-order valence-electron chi connectivity index (χ2n) is 5.52. The monoisotopic (exact) mass is 267 g/mol. The molecule has 0 fully saturated rings. The van der Waals surface area contributed by atoms with Gasteiger partial charge in [0.15, 0.2) is 0 Å². The summed E-state index contributed by atoms with van der Waals surface area (Å²) in [6.45, 7) is 8.42. The minimum atomic E-state index is -2.51. The maximum atomic E-state index is 12.2. The summed E-state index contributed by atoms with van der Waals surface area (Å²) in [5.74, 6) is 0.845. The summed E-state index contributed by atoms with van der Waals surface area (Å²) in [6.07, 6.45) is 0.00943. The lowest BCUT2D eigenvalue weighted by Gasteiger charge is -2.29. The fraction of sp³-hybridized carbons (Fsp3) is 1.00. The molecule has 0 bridgehead atoms. The van der Waals surface area contributed by atoms with E-state index in [4.69, 9.17) is 4.52 Å². The van der Waals surface area contributed by atoms with Crippen LogP contribution in [0.25, 0.3) is 0 Å². The molecule has 0 aliphatic rings. The molecule has 0 aliphatic heterocycles. The van der Waals surface area contributed by atoms with Crippen LogP contribution in [0.2, 0.25) is 0 Å². The van der Waals surface area contributed by atoms with E-state index >= 15 is 0 Å². The van der Waals surface area contributed by atoms with Crippen molar-refractivity contribution in [3.8, 4) is 0 Å². The van der Waals surface area contributed by atoms with Crippen LogP contribution < -0.4 is 0 Å².